The first-order valence-corrected chi connectivity index (χ1v) is 11.6. The number of thiazole rings is 1. The third kappa shape index (κ3) is 3.73. The molecule has 8 nitrogen and oxygen atoms in total. The van der Waals surface area contributed by atoms with E-state index in [1.807, 2.05) is 19.2 Å². The van der Waals surface area contributed by atoms with Gasteiger partial charge in [-0.2, -0.15) is 5.10 Å². The van der Waals surface area contributed by atoms with Gasteiger partial charge in [-0.1, -0.05) is 18.3 Å². The number of anilines is 1. The molecule has 1 amide bonds. The molecule has 1 unspecified atom stereocenters. The minimum absolute atomic E-state index is 0.115. The number of amides is 1. The third-order valence-corrected chi connectivity index (χ3v) is 6.88. The summed E-state index contributed by atoms with van der Waals surface area (Å²) in [5.41, 5.74) is 6.42. The van der Waals surface area contributed by atoms with E-state index in [1.165, 1.54) is 16.9 Å². The molecule has 4 aromatic heterocycles. The number of aromatic nitrogens is 6. The van der Waals surface area contributed by atoms with E-state index in [0.717, 1.165) is 52.5 Å². The number of nitrogens with one attached hydrogen (secondary N) is 1. The van der Waals surface area contributed by atoms with Gasteiger partial charge in [0.15, 0.2) is 5.13 Å². The lowest BCUT2D eigenvalue weighted by Gasteiger charge is -2.17. The molecule has 1 aliphatic rings. The molecule has 1 aliphatic carbocycles. The molecule has 5 rings (SSSR count). The van der Waals surface area contributed by atoms with Crippen LogP contribution in [0.25, 0.3) is 21.8 Å². The summed E-state index contributed by atoms with van der Waals surface area (Å²) in [6.07, 6.45) is 9.64. The second kappa shape index (κ2) is 8.31. The lowest BCUT2D eigenvalue weighted by atomic mass is 9.95. The van der Waals surface area contributed by atoms with Crippen molar-refractivity contribution < 1.29 is 4.79 Å². The van der Waals surface area contributed by atoms with Crippen molar-refractivity contribution in [1.29, 1.82) is 0 Å². The van der Waals surface area contributed by atoms with E-state index >= 15 is 0 Å². The lowest BCUT2D eigenvalue weighted by Crippen LogP contribution is -2.17. The highest BCUT2D eigenvalue weighted by molar-refractivity contribution is 7.19. The highest BCUT2D eigenvalue weighted by atomic mass is 32.1. The number of carbonyl (C=O) groups excluding carboxylic acids is 1. The molecule has 0 aromatic carbocycles. The highest BCUT2D eigenvalue weighted by Gasteiger charge is 2.30. The van der Waals surface area contributed by atoms with Crippen molar-refractivity contribution in [2.75, 3.05) is 5.32 Å². The van der Waals surface area contributed by atoms with Crippen molar-refractivity contribution in [2.45, 2.75) is 52.6 Å². The first-order valence-electron chi connectivity index (χ1n) is 10.8. The largest absolute Gasteiger partial charge is 0.328 e. The number of hydrogen-bond acceptors (Lipinski definition) is 6. The van der Waals surface area contributed by atoms with Crippen molar-refractivity contribution in [1.82, 2.24) is 29.3 Å². The van der Waals surface area contributed by atoms with Crippen LogP contribution < -0.4 is 5.32 Å². The van der Waals surface area contributed by atoms with Crippen molar-refractivity contribution >= 4 is 22.4 Å². The summed E-state index contributed by atoms with van der Waals surface area (Å²) < 4.78 is 3.87. The van der Waals surface area contributed by atoms with Crippen molar-refractivity contribution in [2.24, 2.45) is 0 Å². The topological polar surface area (TPSA) is 90.5 Å². The number of aryl methyl sites for hydroxylation is 2. The van der Waals surface area contributed by atoms with Crippen LogP contribution in [-0.2, 0) is 24.2 Å². The van der Waals surface area contributed by atoms with Crippen molar-refractivity contribution in [3.8, 4) is 21.8 Å². The van der Waals surface area contributed by atoms with Crippen LogP contribution in [0.15, 0.2) is 37.1 Å². The molecule has 0 radical (unpaired) electrons. The molecule has 1 atom stereocenters. The lowest BCUT2D eigenvalue weighted by molar-refractivity contribution is -0.116. The van der Waals surface area contributed by atoms with E-state index in [9.17, 15) is 4.79 Å². The molecule has 4 heterocycles. The average molecular weight is 448 g/mol. The number of nitrogens with zero attached hydrogens (tertiary/aromatic N) is 6. The Labute approximate surface area is 190 Å². The maximum atomic E-state index is 12.5. The molecule has 0 spiro atoms. The molecule has 0 aliphatic heterocycles. The number of pyridine rings is 1. The molecule has 0 fully saturated rings. The van der Waals surface area contributed by atoms with E-state index in [0.29, 0.717) is 5.13 Å². The molecule has 0 saturated heterocycles. The van der Waals surface area contributed by atoms with Crippen LogP contribution in [0.3, 0.4) is 0 Å². The van der Waals surface area contributed by atoms with Crippen LogP contribution in [0.2, 0.25) is 0 Å². The Hall–Kier alpha value is -3.33. The number of rotatable bonds is 6. The van der Waals surface area contributed by atoms with Gasteiger partial charge in [0, 0.05) is 41.5 Å². The van der Waals surface area contributed by atoms with Crippen LogP contribution >= 0.6 is 11.3 Å². The Morgan fingerprint density at radius 2 is 2.19 bits per heavy atom. The van der Waals surface area contributed by atoms with Gasteiger partial charge in [0.05, 0.1) is 28.3 Å². The maximum Gasteiger partial charge on any atom is 0.246 e. The standard InChI is InChI=1S/C23H25N7OS/c1-4-15(3)30-21-17(20(28-30)16-6-5-14(2)25-11-16)7-8-18-22(21)32-23(26-18)27-19(31)12-29-10-9-24-13-29/h5-6,9-11,13,15H,4,7-8,12H2,1-3H3,(H,26,27,31). The first-order chi connectivity index (χ1) is 15.5. The molecule has 32 heavy (non-hydrogen) atoms. The summed E-state index contributed by atoms with van der Waals surface area (Å²) in [7, 11) is 0. The smallest absolute Gasteiger partial charge is 0.246 e. The molecule has 164 valence electrons. The Balaban J connectivity index is 1.52. The Morgan fingerprint density at radius 3 is 2.91 bits per heavy atom. The van der Waals surface area contributed by atoms with Gasteiger partial charge < -0.3 is 9.88 Å². The van der Waals surface area contributed by atoms with Crippen molar-refractivity contribution in [3.63, 3.8) is 0 Å². The Kier molecular flexibility index (Phi) is 5.34. The normalized spacial score (nSPS) is 13.5. The van der Waals surface area contributed by atoms with E-state index < -0.39 is 0 Å². The van der Waals surface area contributed by atoms with Gasteiger partial charge >= 0.3 is 0 Å². The fourth-order valence-corrected chi connectivity index (χ4v) is 5.08. The molecular weight excluding hydrogens is 422 g/mol. The number of imidazole rings is 1. The van der Waals surface area contributed by atoms with Gasteiger partial charge in [0.1, 0.15) is 6.54 Å². The number of hydrogen-bond donors (Lipinski definition) is 1. The van der Waals surface area contributed by atoms with E-state index in [-0.39, 0.29) is 18.5 Å². The summed E-state index contributed by atoms with van der Waals surface area (Å²) in [5, 5.41) is 8.62. The molecular formula is C23H25N7OS. The molecule has 9 heteroatoms. The third-order valence-electron chi connectivity index (χ3n) is 5.86. The number of fused-ring (bicyclic) bond motifs is 3. The maximum absolute atomic E-state index is 12.5. The van der Waals surface area contributed by atoms with Gasteiger partial charge in [0.25, 0.3) is 0 Å². The van der Waals surface area contributed by atoms with E-state index in [1.54, 1.807) is 23.3 Å². The van der Waals surface area contributed by atoms with E-state index in [4.69, 9.17) is 10.1 Å². The summed E-state index contributed by atoms with van der Waals surface area (Å²) in [6, 6.07) is 4.37. The fraction of sp³-hybridized carbons (Fsp3) is 0.348. The fourth-order valence-electron chi connectivity index (χ4n) is 3.99. The van der Waals surface area contributed by atoms with Crippen LogP contribution in [-0.4, -0.2) is 35.2 Å². The van der Waals surface area contributed by atoms with Gasteiger partial charge in [0.2, 0.25) is 5.91 Å². The second-order valence-electron chi connectivity index (χ2n) is 8.14. The zero-order chi connectivity index (χ0) is 22.2. The number of carbonyl (C=O) groups is 1. The van der Waals surface area contributed by atoms with Gasteiger partial charge in [-0.25, -0.2) is 9.97 Å². The predicted octanol–water partition coefficient (Wildman–Crippen LogP) is 4.28. The van der Waals surface area contributed by atoms with Crippen LogP contribution in [0.4, 0.5) is 5.13 Å². The predicted molar refractivity (Wildman–Crippen MR) is 125 cm³/mol. The van der Waals surface area contributed by atoms with Gasteiger partial charge in [-0.3, -0.25) is 14.5 Å². The molecule has 0 saturated carbocycles. The second-order valence-corrected chi connectivity index (χ2v) is 9.14. The molecule has 0 bridgehead atoms. The zero-order valence-corrected chi connectivity index (χ0v) is 19.2. The summed E-state index contributed by atoms with van der Waals surface area (Å²) in [6.45, 7) is 6.56. The van der Waals surface area contributed by atoms with Crippen LogP contribution in [0.1, 0.15) is 43.3 Å². The SMILES string of the molecule is CCC(C)n1nc(-c2ccc(C)nc2)c2c1-c1sc(NC(=O)Cn3ccnc3)nc1CC2. The summed E-state index contributed by atoms with van der Waals surface area (Å²) in [5.74, 6) is -0.115. The Morgan fingerprint density at radius 1 is 1.31 bits per heavy atom. The van der Waals surface area contributed by atoms with Crippen LogP contribution in [0.5, 0.6) is 0 Å². The minimum atomic E-state index is -0.115. The Bertz CT molecular complexity index is 1250. The van der Waals surface area contributed by atoms with Gasteiger partial charge in [-0.15, -0.1) is 0 Å². The monoisotopic (exact) mass is 447 g/mol. The molecule has 1 N–H and O–H groups in total. The summed E-state index contributed by atoms with van der Waals surface area (Å²) >= 11 is 1.53. The quantitative estimate of drug-likeness (QED) is 0.476. The zero-order valence-electron chi connectivity index (χ0n) is 18.4. The van der Waals surface area contributed by atoms with Gasteiger partial charge in [-0.05, 0) is 45.2 Å². The molecule has 4 aromatic rings. The van der Waals surface area contributed by atoms with Crippen LogP contribution in [0, 0.1) is 6.92 Å². The van der Waals surface area contributed by atoms with E-state index in [2.05, 4.69) is 39.9 Å². The van der Waals surface area contributed by atoms with Crippen molar-refractivity contribution in [3.05, 3.63) is 54.0 Å². The summed E-state index contributed by atoms with van der Waals surface area (Å²) in [4.78, 5) is 26.8. The first kappa shape index (κ1) is 20.6. The average Bonchev–Trinajstić information content (AvgIpc) is 3.51. The minimum Gasteiger partial charge on any atom is -0.328 e. The highest BCUT2D eigenvalue weighted by Crippen LogP contribution is 2.44.